The maximum Gasteiger partial charge on any atom is 0.267 e. The minimum atomic E-state index is -0.890. The van der Waals surface area contributed by atoms with Gasteiger partial charge in [-0.1, -0.05) is 39.8 Å². The Balaban J connectivity index is 2.62. The van der Waals surface area contributed by atoms with E-state index < -0.39 is 5.72 Å². The molecule has 0 saturated carbocycles. The zero-order chi connectivity index (χ0) is 14.9. The summed E-state index contributed by atoms with van der Waals surface area (Å²) >= 11 is 0. The van der Waals surface area contributed by atoms with Crippen molar-refractivity contribution in [2.24, 2.45) is 5.92 Å². The summed E-state index contributed by atoms with van der Waals surface area (Å²) in [7, 11) is 0. The predicted octanol–water partition coefficient (Wildman–Crippen LogP) is 3.22. The van der Waals surface area contributed by atoms with Crippen molar-refractivity contribution in [3.8, 4) is 5.75 Å². The fraction of sp³-hybridized carbons (Fsp3) is 0.500. The van der Waals surface area contributed by atoms with Gasteiger partial charge in [-0.3, -0.25) is 9.59 Å². The summed E-state index contributed by atoms with van der Waals surface area (Å²) in [5.74, 6) is 0.128. The molecule has 0 radical (unpaired) electrons. The normalized spacial score (nSPS) is 21.6. The summed E-state index contributed by atoms with van der Waals surface area (Å²) in [4.78, 5) is 26.3. The number of rotatable bonds is 3. The van der Waals surface area contributed by atoms with Crippen LogP contribution < -0.4 is 4.74 Å². The van der Waals surface area contributed by atoms with Crippen LogP contribution in [0.15, 0.2) is 24.3 Å². The maximum absolute atomic E-state index is 12.7. The van der Waals surface area contributed by atoms with E-state index in [4.69, 9.17) is 4.74 Å². The molecule has 4 nitrogen and oxygen atoms in total. The van der Waals surface area contributed by atoms with Gasteiger partial charge >= 0.3 is 0 Å². The Morgan fingerprint density at radius 2 is 1.95 bits per heavy atom. The first-order valence-corrected chi connectivity index (χ1v) is 7.13. The van der Waals surface area contributed by atoms with Crippen molar-refractivity contribution in [3.63, 3.8) is 0 Å². The molecule has 1 aromatic carbocycles. The number of carbonyl (C=O) groups is 2. The highest BCUT2D eigenvalue weighted by Crippen LogP contribution is 2.40. The largest absolute Gasteiger partial charge is 0.466 e. The molecule has 0 N–H and O–H groups in total. The molecule has 108 valence electrons. The fourth-order valence-electron chi connectivity index (χ4n) is 2.76. The molecule has 0 saturated heterocycles. The molecule has 0 bridgehead atoms. The minimum absolute atomic E-state index is 0.0142. The van der Waals surface area contributed by atoms with Crippen molar-refractivity contribution in [2.45, 2.75) is 46.3 Å². The molecular formula is C16H21NO3. The summed E-state index contributed by atoms with van der Waals surface area (Å²) < 4.78 is 6.12. The van der Waals surface area contributed by atoms with Crippen LogP contribution in [0.3, 0.4) is 0 Å². The van der Waals surface area contributed by atoms with E-state index in [1.807, 2.05) is 26.8 Å². The van der Waals surface area contributed by atoms with Gasteiger partial charge in [0, 0.05) is 18.8 Å². The Morgan fingerprint density at radius 3 is 2.50 bits per heavy atom. The highest BCUT2D eigenvalue weighted by Gasteiger charge is 2.50. The number of carbonyl (C=O) groups excluding carboxylic acids is 2. The van der Waals surface area contributed by atoms with E-state index in [0.29, 0.717) is 17.7 Å². The number of para-hydroxylation sites is 1. The predicted molar refractivity (Wildman–Crippen MR) is 76.4 cm³/mol. The molecule has 1 atom stereocenters. The van der Waals surface area contributed by atoms with Crippen molar-refractivity contribution in [2.75, 3.05) is 0 Å². The van der Waals surface area contributed by atoms with Crippen LogP contribution in [0.2, 0.25) is 0 Å². The molecule has 1 heterocycles. The second-order valence-corrected chi connectivity index (χ2v) is 5.34. The zero-order valence-electron chi connectivity index (χ0n) is 12.5. The van der Waals surface area contributed by atoms with Crippen molar-refractivity contribution in [1.29, 1.82) is 0 Å². The van der Waals surface area contributed by atoms with E-state index in [2.05, 4.69) is 0 Å². The summed E-state index contributed by atoms with van der Waals surface area (Å²) in [5.41, 5.74) is -0.433. The number of benzene rings is 1. The van der Waals surface area contributed by atoms with Crippen LogP contribution in [0.25, 0.3) is 0 Å². The molecule has 1 aromatic rings. The van der Waals surface area contributed by atoms with Gasteiger partial charge in [0.15, 0.2) is 5.72 Å². The molecule has 0 aliphatic carbocycles. The van der Waals surface area contributed by atoms with E-state index in [1.54, 1.807) is 25.1 Å². The molecule has 2 amide bonds. The molecule has 0 aromatic heterocycles. The number of hydrogen-bond acceptors (Lipinski definition) is 3. The number of imide groups is 1. The monoisotopic (exact) mass is 275 g/mol. The maximum atomic E-state index is 12.7. The second kappa shape index (κ2) is 5.27. The van der Waals surface area contributed by atoms with Crippen LogP contribution in [-0.2, 0) is 4.79 Å². The van der Waals surface area contributed by atoms with Crippen molar-refractivity contribution >= 4 is 11.8 Å². The molecule has 4 heteroatoms. The van der Waals surface area contributed by atoms with Crippen LogP contribution in [0.1, 0.15) is 50.9 Å². The molecule has 1 aliphatic rings. The lowest BCUT2D eigenvalue weighted by Crippen LogP contribution is -2.63. The Bertz CT molecular complexity index is 538. The third kappa shape index (κ3) is 1.99. The smallest absolute Gasteiger partial charge is 0.267 e. The molecular weight excluding hydrogens is 254 g/mol. The SMILES string of the molecule is CCC(=O)N1C(=O)c2ccccc2OC1(CC)C(C)C. The van der Waals surface area contributed by atoms with Gasteiger partial charge in [-0.2, -0.15) is 0 Å². The van der Waals surface area contributed by atoms with E-state index in [9.17, 15) is 9.59 Å². The average molecular weight is 275 g/mol. The second-order valence-electron chi connectivity index (χ2n) is 5.34. The number of nitrogens with zero attached hydrogens (tertiary/aromatic N) is 1. The van der Waals surface area contributed by atoms with Gasteiger partial charge in [-0.15, -0.1) is 0 Å². The van der Waals surface area contributed by atoms with Crippen molar-refractivity contribution in [3.05, 3.63) is 29.8 Å². The Labute approximate surface area is 119 Å². The van der Waals surface area contributed by atoms with Crippen molar-refractivity contribution < 1.29 is 14.3 Å². The van der Waals surface area contributed by atoms with E-state index >= 15 is 0 Å². The molecule has 0 fully saturated rings. The molecule has 20 heavy (non-hydrogen) atoms. The lowest BCUT2D eigenvalue weighted by molar-refractivity contribution is -0.156. The number of amides is 2. The quantitative estimate of drug-likeness (QED) is 0.851. The summed E-state index contributed by atoms with van der Waals surface area (Å²) in [6.45, 7) is 7.65. The van der Waals surface area contributed by atoms with Gasteiger partial charge in [-0.25, -0.2) is 4.90 Å². The summed E-state index contributed by atoms with van der Waals surface area (Å²) in [6.07, 6.45) is 0.849. The first-order chi connectivity index (χ1) is 9.47. The molecule has 0 spiro atoms. The average Bonchev–Trinajstić information content (AvgIpc) is 2.46. The van der Waals surface area contributed by atoms with Crippen LogP contribution in [0, 0.1) is 5.92 Å². The van der Waals surface area contributed by atoms with Gasteiger partial charge in [-0.05, 0) is 12.1 Å². The van der Waals surface area contributed by atoms with Crippen LogP contribution >= 0.6 is 0 Å². The standard InChI is InChI=1S/C16H21NO3/c1-5-14(18)17-15(19)12-9-7-8-10-13(12)20-16(17,6-2)11(3)4/h7-11H,5-6H2,1-4H3. The summed E-state index contributed by atoms with van der Waals surface area (Å²) in [5, 5.41) is 0. The van der Waals surface area contributed by atoms with E-state index in [-0.39, 0.29) is 24.2 Å². The van der Waals surface area contributed by atoms with Crippen LogP contribution in [0.5, 0.6) is 5.75 Å². The molecule has 1 aliphatic heterocycles. The fourth-order valence-corrected chi connectivity index (χ4v) is 2.76. The lowest BCUT2D eigenvalue weighted by Gasteiger charge is -2.48. The van der Waals surface area contributed by atoms with Gasteiger partial charge in [0.25, 0.3) is 5.91 Å². The topological polar surface area (TPSA) is 46.6 Å². The lowest BCUT2D eigenvalue weighted by atomic mass is 9.91. The first-order valence-electron chi connectivity index (χ1n) is 7.13. The highest BCUT2D eigenvalue weighted by atomic mass is 16.5. The third-order valence-electron chi connectivity index (χ3n) is 3.95. The highest BCUT2D eigenvalue weighted by molar-refractivity contribution is 6.07. The Kier molecular flexibility index (Phi) is 3.84. The van der Waals surface area contributed by atoms with Crippen LogP contribution in [0.4, 0.5) is 0 Å². The van der Waals surface area contributed by atoms with Gasteiger partial charge in [0.05, 0.1) is 5.56 Å². The molecule has 2 rings (SSSR count). The Hall–Kier alpha value is -1.84. The third-order valence-corrected chi connectivity index (χ3v) is 3.95. The van der Waals surface area contributed by atoms with Gasteiger partial charge < -0.3 is 4.74 Å². The van der Waals surface area contributed by atoms with Crippen LogP contribution in [-0.4, -0.2) is 22.4 Å². The number of ether oxygens (including phenoxy) is 1. The van der Waals surface area contributed by atoms with Gasteiger partial charge in [0.1, 0.15) is 5.75 Å². The zero-order valence-corrected chi connectivity index (χ0v) is 12.5. The minimum Gasteiger partial charge on any atom is -0.466 e. The van der Waals surface area contributed by atoms with Gasteiger partial charge in [0.2, 0.25) is 5.91 Å². The number of hydrogen-bond donors (Lipinski definition) is 0. The number of fused-ring (bicyclic) bond motifs is 1. The van der Waals surface area contributed by atoms with E-state index in [0.717, 1.165) is 0 Å². The van der Waals surface area contributed by atoms with E-state index in [1.165, 1.54) is 4.90 Å². The Morgan fingerprint density at radius 1 is 1.30 bits per heavy atom. The first kappa shape index (κ1) is 14.6. The van der Waals surface area contributed by atoms with Crippen molar-refractivity contribution in [1.82, 2.24) is 4.90 Å². The molecule has 1 unspecified atom stereocenters. The summed E-state index contributed by atoms with van der Waals surface area (Å²) in [6, 6.07) is 7.11.